The Labute approximate surface area is 257 Å². The standard InChI is InChI=1S/C36H24IN/c37-29-23-31(26-14-6-2-7-15-26)36(32(24-29)27-16-8-3-9-17-27)38-34-19-11-10-18-30(34)33-22-28(20-21-35(33)38)25-12-4-1-5-13-25/h1-24H/i1D,2D,3D,4D,5D,6D,7D,8D,9D,12D,13D,14D,15D,16D,17D. The highest BCUT2D eigenvalue weighted by Gasteiger charge is 2.20. The number of fused-ring (bicyclic) bond motifs is 3. The van der Waals surface area contributed by atoms with Crippen LogP contribution in [0.2, 0.25) is 0 Å². The Morgan fingerprint density at radius 3 is 1.63 bits per heavy atom. The Balaban J connectivity index is 1.71. The van der Waals surface area contributed by atoms with Crippen molar-refractivity contribution in [1.29, 1.82) is 0 Å². The predicted octanol–water partition coefficient (Wildman–Crippen LogP) is 10.4. The Bertz CT molecular complexity index is 2580. The highest BCUT2D eigenvalue weighted by molar-refractivity contribution is 14.1. The zero-order valence-corrected chi connectivity index (χ0v) is 21.7. The summed E-state index contributed by atoms with van der Waals surface area (Å²) in [5, 5.41) is 1.19. The number of rotatable bonds is 4. The van der Waals surface area contributed by atoms with Gasteiger partial charge < -0.3 is 4.57 Å². The van der Waals surface area contributed by atoms with E-state index in [1.54, 1.807) is 59.2 Å². The van der Waals surface area contributed by atoms with E-state index in [1.165, 1.54) is 0 Å². The van der Waals surface area contributed by atoms with Crippen molar-refractivity contribution in [2.45, 2.75) is 0 Å². The predicted molar refractivity (Wildman–Crippen MR) is 170 cm³/mol. The summed E-state index contributed by atoms with van der Waals surface area (Å²) >= 11 is 1.98. The largest absolute Gasteiger partial charge is 0.308 e. The van der Waals surface area contributed by atoms with Gasteiger partial charge in [0.15, 0.2) is 0 Å². The molecule has 0 aliphatic carbocycles. The highest BCUT2D eigenvalue weighted by atomic mass is 127. The van der Waals surface area contributed by atoms with Crippen molar-refractivity contribution >= 4 is 44.4 Å². The van der Waals surface area contributed by atoms with Gasteiger partial charge >= 0.3 is 0 Å². The third-order valence-corrected chi connectivity index (χ3v) is 6.92. The second-order valence-corrected chi connectivity index (χ2v) is 9.68. The lowest BCUT2D eigenvalue weighted by Gasteiger charge is -2.20. The van der Waals surface area contributed by atoms with Gasteiger partial charge in [-0.2, -0.15) is 0 Å². The lowest BCUT2D eigenvalue weighted by molar-refractivity contribution is 1.18. The summed E-state index contributed by atoms with van der Waals surface area (Å²) in [5.74, 6) is 0. The van der Waals surface area contributed by atoms with Crippen molar-refractivity contribution in [3.05, 3.63) is 149 Å². The number of hydrogen-bond acceptors (Lipinski definition) is 0. The topological polar surface area (TPSA) is 4.93 Å². The second-order valence-electron chi connectivity index (χ2n) is 8.43. The maximum Gasteiger partial charge on any atom is 0.0629 e. The van der Waals surface area contributed by atoms with Gasteiger partial charge in [-0.3, -0.25) is 0 Å². The number of benzene rings is 6. The molecule has 7 aromatic rings. The molecule has 180 valence electrons. The van der Waals surface area contributed by atoms with E-state index < -0.39 is 78.6 Å². The van der Waals surface area contributed by atoms with Gasteiger partial charge in [0.25, 0.3) is 0 Å². The molecule has 0 spiro atoms. The van der Waals surface area contributed by atoms with Crippen molar-refractivity contribution < 1.29 is 20.6 Å². The summed E-state index contributed by atoms with van der Waals surface area (Å²) in [6.45, 7) is 0. The first-order valence-electron chi connectivity index (χ1n) is 19.1. The quantitative estimate of drug-likeness (QED) is 0.174. The fourth-order valence-corrected chi connectivity index (χ4v) is 5.38. The fourth-order valence-electron chi connectivity index (χ4n) is 4.75. The molecule has 0 radical (unpaired) electrons. The molecule has 0 saturated carbocycles. The van der Waals surface area contributed by atoms with Gasteiger partial charge in [0, 0.05) is 25.5 Å². The van der Waals surface area contributed by atoms with Crippen LogP contribution in [0.4, 0.5) is 0 Å². The molecule has 6 aromatic carbocycles. The van der Waals surface area contributed by atoms with Crippen LogP contribution in [0.5, 0.6) is 0 Å². The molecule has 38 heavy (non-hydrogen) atoms. The SMILES string of the molecule is [2H]c1c([2H])c([2H])c(-c2ccc3c(c2)c2ccccc2n3-c2c(-c3c([2H])c([2H])c([2H])c([2H])c3[2H])cc(I)cc2-c2c([2H])c([2H])c([2H])c([2H])c2[2H])c([2H])c1[2H]. The maximum absolute atomic E-state index is 8.94. The van der Waals surface area contributed by atoms with E-state index in [1.807, 2.05) is 22.6 Å². The Morgan fingerprint density at radius 2 is 1.03 bits per heavy atom. The van der Waals surface area contributed by atoms with E-state index >= 15 is 0 Å². The van der Waals surface area contributed by atoms with Gasteiger partial charge in [-0.05, 0) is 75.2 Å². The van der Waals surface area contributed by atoms with Gasteiger partial charge in [0.05, 0.1) is 37.3 Å². The number of halogens is 1. The molecule has 1 aromatic heterocycles. The van der Waals surface area contributed by atoms with Crippen molar-refractivity contribution in [3.8, 4) is 39.1 Å². The molecule has 0 unspecified atom stereocenters. The van der Waals surface area contributed by atoms with Crippen LogP contribution in [0.15, 0.2) is 145 Å². The van der Waals surface area contributed by atoms with E-state index in [-0.39, 0.29) is 45.6 Å². The van der Waals surface area contributed by atoms with Crippen molar-refractivity contribution in [2.24, 2.45) is 0 Å². The maximum atomic E-state index is 8.94. The van der Waals surface area contributed by atoms with Crippen molar-refractivity contribution in [3.63, 3.8) is 0 Å². The fraction of sp³-hybridized carbons (Fsp3) is 0. The summed E-state index contributed by atoms with van der Waals surface area (Å²) in [5.41, 5.74) is 1.43. The third kappa shape index (κ3) is 3.93. The van der Waals surface area contributed by atoms with Crippen LogP contribution in [0.25, 0.3) is 60.9 Å². The van der Waals surface area contributed by atoms with Gasteiger partial charge in [-0.1, -0.05) is 115 Å². The average Bonchev–Trinajstić information content (AvgIpc) is 3.46. The molecule has 0 N–H and O–H groups in total. The molecule has 0 aliphatic heterocycles. The normalized spacial score (nSPS) is 16.8. The first kappa shape index (κ1) is 12.1. The molecule has 0 amide bonds. The summed E-state index contributed by atoms with van der Waals surface area (Å²) in [6, 6.07) is 7.47. The number of aromatic nitrogens is 1. The Morgan fingerprint density at radius 1 is 0.500 bits per heavy atom. The van der Waals surface area contributed by atoms with Crippen LogP contribution in [0.1, 0.15) is 20.6 Å². The zero-order chi connectivity index (χ0) is 38.5. The molecule has 1 nitrogen and oxygen atoms in total. The average molecular weight is 613 g/mol. The first-order valence-corrected chi connectivity index (χ1v) is 12.7. The van der Waals surface area contributed by atoms with E-state index in [0.717, 1.165) is 0 Å². The molecular formula is C36H24IN. The summed E-state index contributed by atoms with van der Waals surface area (Å²) in [4.78, 5) is 0. The smallest absolute Gasteiger partial charge is 0.0629 e. The molecule has 0 fully saturated rings. The highest BCUT2D eigenvalue weighted by Crippen LogP contribution is 2.42. The van der Waals surface area contributed by atoms with Gasteiger partial charge in [0.1, 0.15) is 0 Å². The van der Waals surface area contributed by atoms with Crippen LogP contribution in [0, 0.1) is 3.57 Å². The second kappa shape index (κ2) is 9.62. The minimum absolute atomic E-state index is 0.0105. The van der Waals surface area contributed by atoms with Crippen LogP contribution >= 0.6 is 22.6 Å². The van der Waals surface area contributed by atoms with E-state index in [9.17, 15) is 0 Å². The molecule has 2 heteroatoms. The molecular weight excluding hydrogens is 573 g/mol. The molecule has 7 rings (SSSR count). The van der Waals surface area contributed by atoms with E-state index in [2.05, 4.69) is 0 Å². The number of para-hydroxylation sites is 1. The molecule has 0 saturated heterocycles. The molecule has 0 aliphatic rings. The third-order valence-electron chi connectivity index (χ3n) is 6.30. The van der Waals surface area contributed by atoms with E-state index in [0.29, 0.717) is 30.9 Å². The van der Waals surface area contributed by atoms with Crippen LogP contribution in [0.3, 0.4) is 0 Å². The minimum Gasteiger partial charge on any atom is -0.308 e. The summed E-state index contributed by atoms with van der Waals surface area (Å²) in [7, 11) is 0. The lowest BCUT2D eigenvalue weighted by Crippen LogP contribution is -2.01. The Hall–Kier alpha value is -4.15. The van der Waals surface area contributed by atoms with Crippen LogP contribution < -0.4 is 0 Å². The monoisotopic (exact) mass is 612 g/mol. The molecule has 0 atom stereocenters. The van der Waals surface area contributed by atoms with Gasteiger partial charge in [-0.25, -0.2) is 0 Å². The van der Waals surface area contributed by atoms with Crippen LogP contribution in [-0.4, -0.2) is 4.57 Å². The number of nitrogens with zero attached hydrogens (tertiary/aromatic N) is 1. The van der Waals surface area contributed by atoms with Crippen molar-refractivity contribution in [2.75, 3.05) is 0 Å². The van der Waals surface area contributed by atoms with Crippen LogP contribution in [-0.2, 0) is 0 Å². The molecule has 0 bridgehead atoms. The Kier molecular flexibility index (Phi) is 3.07. The lowest BCUT2D eigenvalue weighted by atomic mass is 9.95. The summed E-state index contributed by atoms with van der Waals surface area (Å²) in [6.07, 6.45) is 0. The van der Waals surface area contributed by atoms with Gasteiger partial charge in [-0.15, -0.1) is 0 Å². The molecule has 1 heterocycles. The minimum atomic E-state index is -0.598. The summed E-state index contributed by atoms with van der Waals surface area (Å²) < 4.78 is 130. The number of hydrogen-bond donors (Lipinski definition) is 0. The zero-order valence-electron chi connectivity index (χ0n) is 34.5. The van der Waals surface area contributed by atoms with Gasteiger partial charge in [0.2, 0.25) is 0 Å². The van der Waals surface area contributed by atoms with Crippen molar-refractivity contribution in [1.82, 2.24) is 4.57 Å². The first-order chi connectivity index (χ1) is 25.0. The van der Waals surface area contributed by atoms with E-state index in [4.69, 9.17) is 20.6 Å².